The summed E-state index contributed by atoms with van der Waals surface area (Å²) >= 11 is 4.16. The first-order valence-electron chi connectivity index (χ1n) is 5.86. The monoisotopic (exact) mass is 287 g/mol. The third kappa shape index (κ3) is 2.96. The zero-order valence-electron chi connectivity index (χ0n) is 10.1. The van der Waals surface area contributed by atoms with Gasteiger partial charge in [0.05, 0.1) is 12.3 Å². The van der Waals surface area contributed by atoms with Crippen LogP contribution in [0.4, 0.5) is 5.69 Å². The lowest BCUT2D eigenvalue weighted by Crippen LogP contribution is -2.59. The van der Waals surface area contributed by atoms with Gasteiger partial charge in [-0.15, -0.1) is 12.6 Å². The molecule has 2 rings (SSSR count). The highest BCUT2D eigenvalue weighted by Crippen LogP contribution is 2.29. The van der Waals surface area contributed by atoms with Gasteiger partial charge in [-0.05, 0) is 12.1 Å². The number of benzene rings is 1. The fourth-order valence-electron chi connectivity index (χ4n) is 1.93. The molecule has 0 spiro atoms. The summed E-state index contributed by atoms with van der Waals surface area (Å²) in [5.41, 5.74) is 5.37. The Hall–Kier alpha value is -0.990. The third-order valence-electron chi connectivity index (χ3n) is 3.02. The van der Waals surface area contributed by atoms with E-state index < -0.39 is 36.5 Å². The smallest absolute Gasteiger partial charge is 0.162 e. The fourth-order valence-corrected chi connectivity index (χ4v) is 2.33. The summed E-state index contributed by atoms with van der Waals surface area (Å²) in [4.78, 5) is 0. The van der Waals surface area contributed by atoms with E-state index in [1.165, 1.54) is 0 Å². The minimum Gasteiger partial charge on any atom is -0.482 e. The number of aliphatic hydroxyl groups is 3. The molecular formula is C12H17NO5S. The minimum absolute atomic E-state index is 0.379. The van der Waals surface area contributed by atoms with Gasteiger partial charge in [0.15, 0.2) is 6.10 Å². The van der Waals surface area contributed by atoms with E-state index in [0.29, 0.717) is 11.4 Å². The Balaban J connectivity index is 2.14. The Bertz CT molecular complexity index is 432. The van der Waals surface area contributed by atoms with Crippen molar-refractivity contribution < 1.29 is 24.8 Å². The maximum absolute atomic E-state index is 10.0. The molecule has 1 saturated heterocycles. The summed E-state index contributed by atoms with van der Waals surface area (Å²) in [5.74, 6) is 0.379. The van der Waals surface area contributed by atoms with Crippen LogP contribution in [0.25, 0.3) is 0 Å². The van der Waals surface area contributed by atoms with Gasteiger partial charge in [0, 0.05) is 0 Å². The molecule has 0 unspecified atom stereocenters. The number of para-hydroxylation sites is 2. The van der Waals surface area contributed by atoms with Gasteiger partial charge in [-0.2, -0.15) is 0 Å². The summed E-state index contributed by atoms with van der Waals surface area (Å²) in [6, 6.07) is 6.80. The molecule has 6 nitrogen and oxygen atoms in total. The summed E-state index contributed by atoms with van der Waals surface area (Å²) < 4.78 is 10.8. The van der Waals surface area contributed by atoms with E-state index in [1.807, 2.05) is 0 Å². The van der Waals surface area contributed by atoms with Crippen LogP contribution in [-0.2, 0) is 4.74 Å². The van der Waals surface area contributed by atoms with E-state index in [0.717, 1.165) is 0 Å². The molecule has 1 aliphatic rings. The van der Waals surface area contributed by atoms with Gasteiger partial charge >= 0.3 is 0 Å². The Kier molecular flexibility index (Phi) is 4.54. The van der Waals surface area contributed by atoms with Crippen LogP contribution in [0.15, 0.2) is 24.3 Å². The lowest BCUT2D eigenvalue weighted by molar-refractivity contribution is -0.198. The van der Waals surface area contributed by atoms with Crippen LogP contribution in [0.3, 0.4) is 0 Å². The molecular weight excluding hydrogens is 270 g/mol. The Morgan fingerprint density at radius 1 is 1.26 bits per heavy atom. The molecule has 7 heteroatoms. The SMILES string of the molecule is Nc1ccccc1O[C@@H]1[C@@H](O)[C@H](O)[C@@H](CO)O[C@H]1S. The lowest BCUT2D eigenvalue weighted by Gasteiger charge is -2.40. The van der Waals surface area contributed by atoms with Gasteiger partial charge in [0.2, 0.25) is 0 Å². The molecule has 1 aromatic carbocycles. The predicted octanol–water partition coefficient (Wildman–Crippen LogP) is -0.615. The van der Waals surface area contributed by atoms with Crippen LogP contribution < -0.4 is 10.5 Å². The fraction of sp³-hybridized carbons (Fsp3) is 0.500. The molecule has 0 amide bonds. The van der Waals surface area contributed by atoms with Crippen molar-refractivity contribution in [1.82, 2.24) is 0 Å². The average Bonchev–Trinajstić information content (AvgIpc) is 2.41. The summed E-state index contributed by atoms with van der Waals surface area (Å²) in [7, 11) is 0. The number of aliphatic hydroxyl groups excluding tert-OH is 3. The summed E-state index contributed by atoms with van der Waals surface area (Å²) in [6.45, 7) is -0.407. The number of rotatable bonds is 3. The summed E-state index contributed by atoms with van der Waals surface area (Å²) in [5, 5.41) is 28.8. The maximum atomic E-state index is 10.0. The highest BCUT2D eigenvalue weighted by Gasteiger charge is 2.44. The normalized spacial score (nSPS) is 35.1. The number of anilines is 1. The van der Waals surface area contributed by atoms with Crippen molar-refractivity contribution in [2.75, 3.05) is 12.3 Å². The maximum Gasteiger partial charge on any atom is 0.162 e. The first-order valence-corrected chi connectivity index (χ1v) is 6.38. The van der Waals surface area contributed by atoms with Gasteiger partial charge < -0.3 is 30.5 Å². The van der Waals surface area contributed by atoms with Crippen LogP contribution in [0, 0.1) is 0 Å². The number of nitrogen functional groups attached to an aromatic ring is 1. The molecule has 19 heavy (non-hydrogen) atoms. The second-order valence-corrected chi connectivity index (χ2v) is 4.86. The standard InChI is InChI=1S/C12H17NO5S/c13-6-3-1-2-4-7(6)17-11-10(16)9(15)8(5-14)18-12(11)19/h1-4,8-12,14-16,19H,5,13H2/t8-,9-,10+,11-,12+/m1/s1. The van der Waals surface area contributed by atoms with E-state index in [4.69, 9.17) is 20.3 Å². The van der Waals surface area contributed by atoms with Crippen molar-refractivity contribution in [1.29, 1.82) is 0 Å². The largest absolute Gasteiger partial charge is 0.482 e. The van der Waals surface area contributed by atoms with E-state index in [-0.39, 0.29) is 0 Å². The number of hydrogen-bond acceptors (Lipinski definition) is 7. The van der Waals surface area contributed by atoms with Crippen molar-refractivity contribution in [2.24, 2.45) is 0 Å². The Morgan fingerprint density at radius 2 is 1.95 bits per heavy atom. The second kappa shape index (κ2) is 5.98. The van der Waals surface area contributed by atoms with Gasteiger partial charge in [-0.1, -0.05) is 12.1 Å². The number of thiol groups is 1. The first kappa shape index (κ1) is 14.4. The molecule has 5 N–H and O–H groups in total. The third-order valence-corrected chi connectivity index (χ3v) is 3.44. The van der Waals surface area contributed by atoms with Gasteiger partial charge in [0.1, 0.15) is 29.5 Å². The zero-order chi connectivity index (χ0) is 14.0. The van der Waals surface area contributed by atoms with Crippen LogP contribution in [0.5, 0.6) is 5.75 Å². The second-order valence-electron chi connectivity index (χ2n) is 4.35. The number of nitrogens with two attached hydrogens (primary N) is 1. The van der Waals surface area contributed by atoms with Crippen LogP contribution in [0.2, 0.25) is 0 Å². The van der Waals surface area contributed by atoms with Crippen molar-refractivity contribution in [3.05, 3.63) is 24.3 Å². The molecule has 1 aromatic rings. The molecule has 0 aliphatic carbocycles. The highest BCUT2D eigenvalue weighted by molar-refractivity contribution is 7.80. The van der Waals surface area contributed by atoms with Gasteiger partial charge in [-0.3, -0.25) is 0 Å². The first-order chi connectivity index (χ1) is 9.04. The van der Waals surface area contributed by atoms with Gasteiger partial charge in [-0.25, -0.2) is 0 Å². The molecule has 0 aromatic heterocycles. The van der Waals surface area contributed by atoms with Crippen molar-refractivity contribution >= 4 is 18.3 Å². The molecule has 1 aliphatic heterocycles. The van der Waals surface area contributed by atoms with Crippen molar-refractivity contribution in [3.8, 4) is 5.75 Å². The Labute approximate surface area is 116 Å². The topological polar surface area (TPSA) is 105 Å². The average molecular weight is 287 g/mol. The Morgan fingerprint density at radius 3 is 2.58 bits per heavy atom. The molecule has 1 fully saturated rings. The van der Waals surface area contributed by atoms with Crippen LogP contribution in [0.1, 0.15) is 0 Å². The quantitative estimate of drug-likeness (QED) is 0.375. The van der Waals surface area contributed by atoms with Gasteiger partial charge in [0.25, 0.3) is 0 Å². The molecule has 106 valence electrons. The molecule has 0 radical (unpaired) electrons. The molecule has 5 atom stereocenters. The highest BCUT2D eigenvalue weighted by atomic mass is 32.1. The van der Waals surface area contributed by atoms with E-state index in [2.05, 4.69) is 12.6 Å². The molecule has 1 heterocycles. The van der Waals surface area contributed by atoms with E-state index >= 15 is 0 Å². The molecule has 0 saturated carbocycles. The summed E-state index contributed by atoms with van der Waals surface area (Å²) in [6.07, 6.45) is -4.24. The van der Waals surface area contributed by atoms with Crippen molar-refractivity contribution in [2.45, 2.75) is 29.9 Å². The predicted molar refractivity (Wildman–Crippen MR) is 72.0 cm³/mol. The van der Waals surface area contributed by atoms with Crippen molar-refractivity contribution in [3.63, 3.8) is 0 Å². The lowest BCUT2D eigenvalue weighted by atomic mass is 10.00. The van der Waals surface area contributed by atoms with Crippen LogP contribution in [-0.4, -0.2) is 51.8 Å². The number of hydrogen-bond donors (Lipinski definition) is 5. The zero-order valence-corrected chi connectivity index (χ0v) is 11.0. The van der Waals surface area contributed by atoms with E-state index in [9.17, 15) is 10.2 Å². The van der Waals surface area contributed by atoms with E-state index in [1.54, 1.807) is 24.3 Å². The number of ether oxygens (including phenoxy) is 2. The van der Waals surface area contributed by atoms with Crippen LogP contribution >= 0.6 is 12.6 Å². The molecule has 0 bridgehead atoms. The minimum atomic E-state index is -1.25.